The summed E-state index contributed by atoms with van der Waals surface area (Å²) in [6.45, 7) is 5.12. The van der Waals surface area contributed by atoms with E-state index in [4.69, 9.17) is 4.74 Å². The van der Waals surface area contributed by atoms with E-state index >= 15 is 0 Å². The lowest BCUT2D eigenvalue weighted by Gasteiger charge is -2.26. The van der Waals surface area contributed by atoms with Crippen LogP contribution in [0.1, 0.15) is 36.9 Å². The van der Waals surface area contributed by atoms with Crippen LogP contribution in [0.25, 0.3) is 0 Å². The highest BCUT2D eigenvalue weighted by Crippen LogP contribution is 2.22. The van der Waals surface area contributed by atoms with Crippen LogP contribution in [0.4, 0.5) is 0 Å². The van der Waals surface area contributed by atoms with Gasteiger partial charge in [0.05, 0.1) is 0 Å². The average Bonchev–Trinajstić information content (AvgIpc) is 2.50. The van der Waals surface area contributed by atoms with Gasteiger partial charge in [0.2, 0.25) is 5.91 Å². The average molecular weight is 276 g/mol. The monoisotopic (exact) mass is 276 g/mol. The molecule has 1 amide bonds. The summed E-state index contributed by atoms with van der Waals surface area (Å²) < 4.78 is 5.40. The molecule has 0 radical (unpaired) electrons. The molecule has 0 saturated carbocycles. The smallest absolute Gasteiger partial charge is 0.241 e. The summed E-state index contributed by atoms with van der Waals surface area (Å²) in [5.74, 6) is 0.0626. The van der Waals surface area contributed by atoms with Crippen LogP contribution in [0.5, 0.6) is 0 Å². The molecule has 0 aliphatic carbocycles. The molecule has 110 valence electrons. The predicted molar refractivity (Wildman–Crippen MR) is 79.6 cm³/mol. The fourth-order valence-corrected chi connectivity index (χ4v) is 2.47. The minimum Gasteiger partial charge on any atom is -0.381 e. The van der Waals surface area contributed by atoms with Crippen LogP contribution in [-0.2, 0) is 16.0 Å². The maximum absolute atomic E-state index is 12.2. The summed E-state index contributed by atoms with van der Waals surface area (Å²) in [7, 11) is 0. The Hall–Kier alpha value is -1.39. The van der Waals surface area contributed by atoms with Gasteiger partial charge in [-0.3, -0.25) is 4.79 Å². The van der Waals surface area contributed by atoms with Crippen LogP contribution >= 0.6 is 0 Å². The van der Waals surface area contributed by atoms with E-state index in [1.54, 1.807) is 0 Å². The molecular formula is C16H24N2O2. The quantitative estimate of drug-likeness (QED) is 0.747. The van der Waals surface area contributed by atoms with Gasteiger partial charge in [0.25, 0.3) is 0 Å². The molecule has 4 nitrogen and oxygen atoms in total. The van der Waals surface area contributed by atoms with Crippen LogP contribution < -0.4 is 10.6 Å². The van der Waals surface area contributed by atoms with Gasteiger partial charge in [-0.05, 0) is 30.4 Å². The van der Waals surface area contributed by atoms with E-state index < -0.39 is 0 Å². The van der Waals surface area contributed by atoms with Crippen LogP contribution in [0.15, 0.2) is 24.3 Å². The number of benzene rings is 1. The van der Waals surface area contributed by atoms with Crippen molar-refractivity contribution in [1.29, 1.82) is 0 Å². The number of hydrogen-bond acceptors (Lipinski definition) is 3. The minimum atomic E-state index is -0.212. The lowest BCUT2D eigenvalue weighted by Crippen LogP contribution is -2.41. The number of carbonyl (C=O) groups is 1. The number of hydrogen-bond donors (Lipinski definition) is 2. The van der Waals surface area contributed by atoms with Gasteiger partial charge in [0, 0.05) is 26.3 Å². The molecule has 4 heteroatoms. The van der Waals surface area contributed by atoms with Crippen LogP contribution in [0.2, 0.25) is 0 Å². The van der Waals surface area contributed by atoms with E-state index in [0.717, 1.165) is 38.0 Å². The van der Waals surface area contributed by atoms with E-state index in [9.17, 15) is 4.79 Å². The maximum Gasteiger partial charge on any atom is 0.241 e. The third-order valence-corrected chi connectivity index (χ3v) is 3.48. The second kappa shape index (κ2) is 8.02. The molecule has 1 aliphatic rings. The molecule has 0 bridgehead atoms. The molecule has 1 unspecified atom stereocenters. The van der Waals surface area contributed by atoms with Crippen molar-refractivity contribution >= 4 is 5.91 Å². The number of nitrogens with one attached hydrogen (secondary N) is 2. The highest BCUT2D eigenvalue weighted by atomic mass is 16.5. The fraction of sp³-hybridized carbons (Fsp3) is 0.562. The third kappa shape index (κ3) is 4.05. The van der Waals surface area contributed by atoms with Crippen molar-refractivity contribution in [3.8, 4) is 0 Å². The van der Waals surface area contributed by atoms with Gasteiger partial charge < -0.3 is 15.4 Å². The second-order valence-corrected chi connectivity index (χ2v) is 5.09. The lowest BCUT2D eigenvalue weighted by atomic mass is 9.94. The van der Waals surface area contributed by atoms with E-state index in [0.29, 0.717) is 13.2 Å². The van der Waals surface area contributed by atoms with Gasteiger partial charge in [0.1, 0.15) is 6.04 Å². The summed E-state index contributed by atoms with van der Waals surface area (Å²) >= 11 is 0. The van der Waals surface area contributed by atoms with Gasteiger partial charge in [-0.25, -0.2) is 0 Å². The summed E-state index contributed by atoms with van der Waals surface area (Å²) in [6, 6.07) is 7.96. The molecule has 20 heavy (non-hydrogen) atoms. The Labute approximate surface area is 120 Å². The Morgan fingerprint density at radius 2 is 2.25 bits per heavy atom. The lowest BCUT2D eigenvalue weighted by molar-refractivity contribution is -0.123. The number of ether oxygens (including phenoxy) is 1. The first-order valence-corrected chi connectivity index (χ1v) is 7.49. The van der Waals surface area contributed by atoms with E-state index in [1.807, 2.05) is 18.2 Å². The van der Waals surface area contributed by atoms with Gasteiger partial charge in [-0.15, -0.1) is 0 Å². The summed E-state index contributed by atoms with van der Waals surface area (Å²) in [6.07, 6.45) is 2.89. The van der Waals surface area contributed by atoms with Crippen molar-refractivity contribution < 1.29 is 9.53 Å². The zero-order chi connectivity index (χ0) is 14.2. The first-order valence-electron chi connectivity index (χ1n) is 7.49. The second-order valence-electron chi connectivity index (χ2n) is 5.09. The van der Waals surface area contributed by atoms with E-state index in [1.165, 1.54) is 5.56 Å². The Kier molecular flexibility index (Phi) is 6.02. The molecule has 1 aromatic carbocycles. The molecule has 0 spiro atoms. The standard InChI is InChI=1S/C16H24N2O2/c1-2-11-20-12-5-9-18-16(19)15-14-7-4-3-6-13(14)8-10-17-15/h3-4,6-7,15,17H,2,5,8-12H2,1H3,(H,18,19). The van der Waals surface area contributed by atoms with Crippen LogP contribution in [0, 0.1) is 0 Å². The SMILES string of the molecule is CCCOCCCNC(=O)C1NCCc2ccccc21. The normalized spacial score (nSPS) is 17.6. The van der Waals surface area contributed by atoms with E-state index in [2.05, 4.69) is 23.6 Å². The number of rotatable bonds is 7. The van der Waals surface area contributed by atoms with Gasteiger partial charge >= 0.3 is 0 Å². The fourth-order valence-electron chi connectivity index (χ4n) is 2.47. The van der Waals surface area contributed by atoms with Gasteiger partial charge in [-0.2, -0.15) is 0 Å². The van der Waals surface area contributed by atoms with Crippen LogP contribution in [-0.4, -0.2) is 32.2 Å². The molecule has 0 fully saturated rings. The Morgan fingerprint density at radius 3 is 3.10 bits per heavy atom. The highest BCUT2D eigenvalue weighted by Gasteiger charge is 2.25. The molecule has 2 N–H and O–H groups in total. The van der Waals surface area contributed by atoms with E-state index in [-0.39, 0.29) is 11.9 Å². The van der Waals surface area contributed by atoms with Gasteiger partial charge in [0.15, 0.2) is 0 Å². The first-order chi connectivity index (χ1) is 9.83. The largest absolute Gasteiger partial charge is 0.381 e. The van der Waals surface area contributed by atoms with Crippen molar-refractivity contribution in [1.82, 2.24) is 10.6 Å². The van der Waals surface area contributed by atoms with Crippen LogP contribution in [0.3, 0.4) is 0 Å². The molecular weight excluding hydrogens is 252 g/mol. The van der Waals surface area contributed by atoms with Crippen molar-refractivity contribution in [3.05, 3.63) is 35.4 Å². The zero-order valence-corrected chi connectivity index (χ0v) is 12.2. The molecule has 0 saturated heterocycles. The maximum atomic E-state index is 12.2. The van der Waals surface area contributed by atoms with Crippen molar-refractivity contribution in [2.45, 2.75) is 32.2 Å². The zero-order valence-electron chi connectivity index (χ0n) is 12.2. The summed E-state index contributed by atoms with van der Waals surface area (Å²) in [5.41, 5.74) is 2.39. The summed E-state index contributed by atoms with van der Waals surface area (Å²) in [4.78, 5) is 12.2. The van der Waals surface area contributed by atoms with Crippen molar-refractivity contribution in [2.24, 2.45) is 0 Å². The first kappa shape index (κ1) is 15.0. The summed E-state index contributed by atoms with van der Waals surface area (Å²) in [5, 5.41) is 6.28. The molecule has 1 aromatic rings. The minimum absolute atomic E-state index is 0.0626. The Balaban J connectivity index is 1.79. The Bertz CT molecular complexity index is 434. The third-order valence-electron chi connectivity index (χ3n) is 3.48. The van der Waals surface area contributed by atoms with Crippen molar-refractivity contribution in [3.63, 3.8) is 0 Å². The van der Waals surface area contributed by atoms with Gasteiger partial charge in [-0.1, -0.05) is 31.2 Å². The molecule has 2 rings (SSSR count). The number of amides is 1. The molecule has 0 aromatic heterocycles. The molecule has 1 atom stereocenters. The number of carbonyl (C=O) groups excluding carboxylic acids is 1. The number of fused-ring (bicyclic) bond motifs is 1. The molecule has 1 aliphatic heterocycles. The van der Waals surface area contributed by atoms with Crippen molar-refractivity contribution in [2.75, 3.05) is 26.3 Å². The predicted octanol–water partition coefficient (Wildman–Crippen LogP) is 1.81. The molecule has 1 heterocycles. The topological polar surface area (TPSA) is 50.4 Å². The Morgan fingerprint density at radius 1 is 1.40 bits per heavy atom. The highest BCUT2D eigenvalue weighted by molar-refractivity contribution is 5.83.